The average molecular weight is 314 g/mol. The highest BCUT2D eigenvalue weighted by Gasteiger charge is 2.18. The van der Waals surface area contributed by atoms with Gasteiger partial charge < -0.3 is 15.2 Å². The molecule has 23 heavy (non-hydrogen) atoms. The van der Waals surface area contributed by atoms with Gasteiger partial charge in [0.15, 0.2) is 0 Å². The molecule has 0 bridgehead atoms. The lowest BCUT2D eigenvalue weighted by Gasteiger charge is -2.23. The number of carbonyl (C=O) groups is 1. The zero-order chi connectivity index (χ0) is 16.2. The summed E-state index contributed by atoms with van der Waals surface area (Å²) in [4.78, 5) is 16.0. The van der Waals surface area contributed by atoms with Gasteiger partial charge in [0, 0.05) is 11.6 Å². The van der Waals surface area contributed by atoms with Crippen molar-refractivity contribution in [2.45, 2.75) is 45.1 Å². The van der Waals surface area contributed by atoms with Crippen LogP contribution in [0.4, 0.5) is 0 Å². The molecule has 1 heterocycles. The second-order valence-corrected chi connectivity index (χ2v) is 5.85. The molecule has 1 saturated carbocycles. The van der Waals surface area contributed by atoms with E-state index in [2.05, 4.69) is 4.98 Å². The van der Waals surface area contributed by atoms with Gasteiger partial charge in [-0.15, -0.1) is 0 Å². The number of hydrogen-bond donors (Lipinski definition) is 1. The molecule has 5 heteroatoms. The molecule has 1 aromatic heterocycles. The number of carbonyl (C=O) groups excluding carboxylic acids is 1. The summed E-state index contributed by atoms with van der Waals surface area (Å²) in [6, 6.07) is 5.36. The minimum atomic E-state index is -0.518. The summed E-state index contributed by atoms with van der Waals surface area (Å²) in [6.07, 6.45) is 7.83. The van der Waals surface area contributed by atoms with Crippen molar-refractivity contribution in [1.29, 1.82) is 0 Å². The molecule has 1 fully saturated rings. The first kappa shape index (κ1) is 15.6. The third-order valence-corrected chi connectivity index (χ3v) is 4.21. The molecule has 1 aromatic carbocycles. The number of nitrogens with zero attached hydrogens (tertiary/aromatic N) is 1. The van der Waals surface area contributed by atoms with Crippen LogP contribution in [0.5, 0.6) is 11.5 Å². The number of pyridine rings is 1. The fourth-order valence-corrected chi connectivity index (χ4v) is 3.08. The largest absolute Gasteiger partial charge is 0.493 e. The summed E-state index contributed by atoms with van der Waals surface area (Å²) in [5, 5.41) is 0.853. The Morgan fingerprint density at radius 1 is 1.26 bits per heavy atom. The maximum Gasteiger partial charge on any atom is 0.252 e. The van der Waals surface area contributed by atoms with Gasteiger partial charge in [-0.25, -0.2) is 0 Å². The Morgan fingerprint density at radius 3 is 2.74 bits per heavy atom. The van der Waals surface area contributed by atoms with Gasteiger partial charge in [0.25, 0.3) is 5.91 Å². The molecule has 122 valence electrons. The van der Waals surface area contributed by atoms with Crippen LogP contribution in [0.2, 0.25) is 0 Å². The predicted octanol–water partition coefficient (Wildman–Crippen LogP) is 3.44. The number of aromatic nitrogens is 1. The number of hydrogen-bond acceptors (Lipinski definition) is 4. The summed E-state index contributed by atoms with van der Waals surface area (Å²) >= 11 is 0. The second kappa shape index (κ2) is 6.86. The number of fused-ring (bicyclic) bond motifs is 1. The summed E-state index contributed by atoms with van der Waals surface area (Å²) in [7, 11) is 0. The van der Waals surface area contributed by atoms with Crippen LogP contribution >= 0.6 is 0 Å². The van der Waals surface area contributed by atoms with Crippen molar-refractivity contribution in [2.75, 3.05) is 6.61 Å². The standard InChI is InChI=1S/C18H22N2O3/c1-2-22-17-11-13-15(10-14(17)18(19)21)20-9-8-16(13)23-12-6-4-3-5-7-12/h8-12H,2-7H2,1H3,(H2,19,21). The molecular weight excluding hydrogens is 292 g/mol. The number of amides is 1. The Labute approximate surface area is 135 Å². The van der Waals surface area contributed by atoms with Gasteiger partial charge >= 0.3 is 0 Å². The van der Waals surface area contributed by atoms with Crippen LogP contribution in [0.25, 0.3) is 10.9 Å². The zero-order valence-corrected chi connectivity index (χ0v) is 13.4. The van der Waals surface area contributed by atoms with Gasteiger partial charge in [-0.2, -0.15) is 0 Å². The first-order chi connectivity index (χ1) is 11.2. The van der Waals surface area contributed by atoms with Crippen molar-refractivity contribution in [3.8, 4) is 11.5 Å². The Kier molecular flexibility index (Phi) is 4.65. The van der Waals surface area contributed by atoms with E-state index in [0.29, 0.717) is 23.4 Å². The van der Waals surface area contributed by atoms with E-state index in [0.717, 1.165) is 24.0 Å². The maximum atomic E-state index is 11.6. The highest BCUT2D eigenvalue weighted by molar-refractivity contribution is 6.01. The molecule has 3 rings (SSSR count). The fraction of sp³-hybridized carbons (Fsp3) is 0.444. The summed E-state index contributed by atoms with van der Waals surface area (Å²) < 4.78 is 11.8. The van der Waals surface area contributed by atoms with Crippen LogP contribution in [-0.2, 0) is 0 Å². The molecule has 0 aliphatic heterocycles. The molecule has 0 saturated heterocycles. The first-order valence-corrected chi connectivity index (χ1v) is 8.21. The molecule has 0 radical (unpaired) electrons. The maximum absolute atomic E-state index is 11.6. The molecule has 1 amide bonds. The van der Waals surface area contributed by atoms with Crippen LogP contribution in [0.1, 0.15) is 49.4 Å². The van der Waals surface area contributed by atoms with E-state index in [-0.39, 0.29) is 6.10 Å². The van der Waals surface area contributed by atoms with E-state index < -0.39 is 5.91 Å². The summed E-state index contributed by atoms with van der Waals surface area (Å²) in [5.74, 6) is 0.753. The lowest BCUT2D eigenvalue weighted by molar-refractivity contribution is 0.0996. The van der Waals surface area contributed by atoms with Crippen LogP contribution in [0.3, 0.4) is 0 Å². The molecule has 5 nitrogen and oxygen atoms in total. The third kappa shape index (κ3) is 3.38. The Hall–Kier alpha value is -2.30. The van der Waals surface area contributed by atoms with E-state index in [1.54, 1.807) is 12.3 Å². The van der Waals surface area contributed by atoms with Crippen molar-refractivity contribution in [3.63, 3.8) is 0 Å². The highest BCUT2D eigenvalue weighted by Crippen LogP contribution is 2.33. The third-order valence-electron chi connectivity index (χ3n) is 4.21. The van der Waals surface area contributed by atoms with Gasteiger partial charge in [0.1, 0.15) is 11.5 Å². The SMILES string of the molecule is CCOc1cc2c(OC3CCCCC3)ccnc2cc1C(N)=O. The first-order valence-electron chi connectivity index (χ1n) is 8.21. The topological polar surface area (TPSA) is 74.4 Å². The minimum Gasteiger partial charge on any atom is -0.493 e. The molecule has 0 spiro atoms. The van der Waals surface area contributed by atoms with Gasteiger partial charge in [0.2, 0.25) is 0 Å². The smallest absolute Gasteiger partial charge is 0.252 e. The highest BCUT2D eigenvalue weighted by atomic mass is 16.5. The van der Waals surface area contributed by atoms with Gasteiger partial charge in [0.05, 0.1) is 23.8 Å². The molecule has 1 aliphatic carbocycles. The quantitative estimate of drug-likeness (QED) is 0.917. The van der Waals surface area contributed by atoms with Gasteiger partial charge in [-0.1, -0.05) is 6.42 Å². The summed E-state index contributed by atoms with van der Waals surface area (Å²) in [5.41, 5.74) is 6.48. The lowest BCUT2D eigenvalue weighted by atomic mass is 9.97. The Balaban J connectivity index is 2.01. The Bertz CT molecular complexity index is 709. The van der Waals surface area contributed by atoms with E-state index >= 15 is 0 Å². The fourth-order valence-electron chi connectivity index (χ4n) is 3.08. The Morgan fingerprint density at radius 2 is 2.04 bits per heavy atom. The molecule has 0 unspecified atom stereocenters. The van der Waals surface area contributed by atoms with Crippen molar-refractivity contribution in [1.82, 2.24) is 4.98 Å². The number of nitrogens with two attached hydrogens (primary N) is 1. The minimum absolute atomic E-state index is 0.251. The van der Waals surface area contributed by atoms with E-state index in [9.17, 15) is 4.79 Å². The van der Waals surface area contributed by atoms with Gasteiger partial charge in [-0.05, 0) is 50.8 Å². The zero-order valence-electron chi connectivity index (χ0n) is 13.4. The van der Waals surface area contributed by atoms with Gasteiger partial charge in [-0.3, -0.25) is 9.78 Å². The van der Waals surface area contributed by atoms with Crippen molar-refractivity contribution in [3.05, 3.63) is 30.0 Å². The van der Waals surface area contributed by atoms with E-state index in [4.69, 9.17) is 15.2 Å². The number of ether oxygens (including phenoxy) is 2. The normalized spacial score (nSPS) is 15.5. The second-order valence-electron chi connectivity index (χ2n) is 5.85. The van der Waals surface area contributed by atoms with Crippen LogP contribution in [0, 0.1) is 0 Å². The van der Waals surface area contributed by atoms with E-state index in [1.165, 1.54) is 19.3 Å². The van der Waals surface area contributed by atoms with Crippen molar-refractivity contribution < 1.29 is 14.3 Å². The predicted molar refractivity (Wildman–Crippen MR) is 88.9 cm³/mol. The van der Waals surface area contributed by atoms with Crippen LogP contribution in [-0.4, -0.2) is 23.6 Å². The van der Waals surface area contributed by atoms with Crippen molar-refractivity contribution >= 4 is 16.8 Å². The van der Waals surface area contributed by atoms with Crippen LogP contribution in [0.15, 0.2) is 24.4 Å². The molecular formula is C18H22N2O3. The van der Waals surface area contributed by atoms with Crippen molar-refractivity contribution in [2.24, 2.45) is 5.73 Å². The number of primary amides is 1. The van der Waals surface area contributed by atoms with E-state index in [1.807, 2.05) is 19.1 Å². The molecule has 2 N–H and O–H groups in total. The molecule has 2 aromatic rings. The molecule has 0 atom stereocenters. The number of rotatable bonds is 5. The lowest BCUT2D eigenvalue weighted by Crippen LogP contribution is -2.19. The monoisotopic (exact) mass is 314 g/mol. The average Bonchev–Trinajstić information content (AvgIpc) is 2.56. The van der Waals surface area contributed by atoms with Crippen LogP contribution < -0.4 is 15.2 Å². The summed E-state index contributed by atoms with van der Waals surface area (Å²) in [6.45, 7) is 2.34. The molecule has 1 aliphatic rings. The number of benzene rings is 1.